The molecule has 0 bridgehead atoms. The minimum atomic E-state index is -3.49. The highest BCUT2D eigenvalue weighted by atomic mass is 32.2. The van der Waals surface area contributed by atoms with Crippen molar-refractivity contribution in [3.63, 3.8) is 0 Å². The molecular formula is C13H17F2NO3S. The van der Waals surface area contributed by atoms with Gasteiger partial charge in [-0.25, -0.2) is 21.9 Å². The summed E-state index contributed by atoms with van der Waals surface area (Å²) in [6.07, 6.45) is 0.294. The van der Waals surface area contributed by atoms with Gasteiger partial charge in [0, 0.05) is 18.1 Å². The molecule has 0 fully saturated rings. The summed E-state index contributed by atoms with van der Waals surface area (Å²) in [5, 5.41) is 0. The molecule has 1 aromatic rings. The van der Waals surface area contributed by atoms with Crippen molar-refractivity contribution < 1.29 is 21.9 Å². The van der Waals surface area contributed by atoms with Crippen LogP contribution < -0.4 is 9.46 Å². The zero-order chi connectivity index (χ0) is 15.1. The number of rotatable bonds is 3. The van der Waals surface area contributed by atoms with Crippen LogP contribution in [0.25, 0.3) is 0 Å². The highest BCUT2D eigenvalue weighted by Crippen LogP contribution is 2.41. The smallest absolute Gasteiger partial charge is 0.211 e. The summed E-state index contributed by atoms with van der Waals surface area (Å²) in [6.45, 7) is 4.96. The number of nitrogens with one attached hydrogen (secondary N) is 1. The van der Waals surface area contributed by atoms with Crippen LogP contribution >= 0.6 is 0 Å². The lowest BCUT2D eigenvalue weighted by atomic mass is 9.90. The van der Waals surface area contributed by atoms with Gasteiger partial charge in [-0.1, -0.05) is 0 Å². The average Bonchev–Trinajstić information content (AvgIpc) is 2.30. The molecule has 2 rings (SSSR count). The van der Waals surface area contributed by atoms with Crippen LogP contribution in [0.15, 0.2) is 12.1 Å². The van der Waals surface area contributed by atoms with E-state index in [-0.39, 0.29) is 17.1 Å². The van der Waals surface area contributed by atoms with Gasteiger partial charge in [0.15, 0.2) is 11.6 Å². The minimum Gasteiger partial charge on any atom is -0.484 e. The van der Waals surface area contributed by atoms with Gasteiger partial charge in [-0.3, -0.25) is 0 Å². The summed E-state index contributed by atoms with van der Waals surface area (Å²) in [5.74, 6) is -1.78. The number of hydrogen-bond acceptors (Lipinski definition) is 3. The van der Waals surface area contributed by atoms with Gasteiger partial charge in [-0.2, -0.15) is 0 Å². The molecule has 1 unspecified atom stereocenters. The molecule has 20 heavy (non-hydrogen) atoms. The van der Waals surface area contributed by atoms with Crippen molar-refractivity contribution in [2.24, 2.45) is 0 Å². The second kappa shape index (κ2) is 4.96. The predicted octanol–water partition coefficient (Wildman–Crippen LogP) is 2.51. The molecule has 1 atom stereocenters. The van der Waals surface area contributed by atoms with Crippen LogP contribution in [0.5, 0.6) is 5.75 Å². The Kier molecular flexibility index (Phi) is 3.77. The summed E-state index contributed by atoms with van der Waals surface area (Å²) >= 11 is 0. The number of benzene rings is 1. The van der Waals surface area contributed by atoms with Gasteiger partial charge in [-0.15, -0.1) is 0 Å². The van der Waals surface area contributed by atoms with Crippen LogP contribution in [0.4, 0.5) is 8.78 Å². The molecule has 112 valence electrons. The van der Waals surface area contributed by atoms with Gasteiger partial charge in [0.2, 0.25) is 10.0 Å². The maximum absolute atomic E-state index is 13.8. The van der Waals surface area contributed by atoms with E-state index in [1.807, 2.05) is 0 Å². The number of ether oxygens (including phenoxy) is 1. The van der Waals surface area contributed by atoms with Crippen LogP contribution in [0.1, 0.15) is 38.8 Å². The molecule has 0 aliphatic carbocycles. The Hall–Kier alpha value is -1.21. The SMILES string of the molecule is CCS(=O)(=O)NC1CC(C)(C)Oc2c(F)cc(F)cc21. The molecule has 0 saturated heterocycles. The second-order valence-corrected chi connectivity index (χ2v) is 7.49. The van der Waals surface area contributed by atoms with Gasteiger partial charge in [-0.05, 0) is 26.8 Å². The van der Waals surface area contributed by atoms with Crippen molar-refractivity contribution >= 4 is 10.0 Å². The first-order valence-corrected chi connectivity index (χ1v) is 7.97. The molecule has 0 aromatic heterocycles. The fourth-order valence-electron chi connectivity index (χ4n) is 2.27. The van der Waals surface area contributed by atoms with Crippen molar-refractivity contribution in [2.45, 2.75) is 38.8 Å². The third-order valence-corrected chi connectivity index (χ3v) is 4.59. The zero-order valence-corrected chi connectivity index (χ0v) is 12.4. The Morgan fingerprint density at radius 2 is 2.05 bits per heavy atom. The summed E-state index contributed by atoms with van der Waals surface area (Å²) in [4.78, 5) is 0. The van der Waals surface area contributed by atoms with Crippen molar-refractivity contribution in [2.75, 3.05) is 5.75 Å². The van der Waals surface area contributed by atoms with Crippen molar-refractivity contribution in [1.29, 1.82) is 0 Å². The van der Waals surface area contributed by atoms with E-state index in [9.17, 15) is 17.2 Å². The largest absolute Gasteiger partial charge is 0.484 e. The number of halogens is 2. The molecule has 0 radical (unpaired) electrons. The van der Waals surface area contributed by atoms with Crippen molar-refractivity contribution in [3.8, 4) is 5.75 Å². The molecular weight excluding hydrogens is 288 g/mol. The van der Waals surface area contributed by atoms with Crippen LogP contribution in [-0.2, 0) is 10.0 Å². The fraction of sp³-hybridized carbons (Fsp3) is 0.538. The monoisotopic (exact) mass is 305 g/mol. The highest BCUT2D eigenvalue weighted by Gasteiger charge is 2.37. The first kappa shape index (κ1) is 15.2. The standard InChI is InChI=1S/C13H17F2NO3S/c1-4-20(17,18)16-11-7-13(2,3)19-12-9(11)5-8(14)6-10(12)15/h5-6,11,16H,4,7H2,1-3H3. The van der Waals surface area contributed by atoms with Crippen molar-refractivity contribution in [3.05, 3.63) is 29.3 Å². The van der Waals surface area contributed by atoms with E-state index in [0.29, 0.717) is 6.42 Å². The van der Waals surface area contributed by atoms with Gasteiger partial charge in [0.25, 0.3) is 0 Å². The number of fused-ring (bicyclic) bond motifs is 1. The first-order chi connectivity index (χ1) is 9.13. The molecule has 4 nitrogen and oxygen atoms in total. The third-order valence-electron chi connectivity index (χ3n) is 3.19. The lowest BCUT2D eigenvalue weighted by molar-refractivity contribution is 0.0644. The maximum atomic E-state index is 13.8. The van der Waals surface area contributed by atoms with Crippen LogP contribution in [0.3, 0.4) is 0 Å². The third kappa shape index (κ3) is 3.09. The van der Waals surface area contributed by atoms with E-state index < -0.39 is 33.3 Å². The van der Waals surface area contributed by atoms with E-state index in [0.717, 1.165) is 12.1 Å². The van der Waals surface area contributed by atoms with Gasteiger partial charge >= 0.3 is 0 Å². The summed E-state index contributed by atoms with van der Waals surface area (Å²) in [6, 6.07) is 1.13. The lowest BCUT2D eigenvalue weighted by Gasteiger charge is -2.37. The second-order valence-electron chi connectivity index (χ2n) is 5.45. The van der Waals surface area contributed by atoms with E-state index in [1.54, 1.807) is 13.8 Å². The normalized spacial score (nSPS) is 21.1. The summed E-state index contributed by atoms with van der Waals surface area (Å²) in [7, 11) is -3.49. The van der Waals surface area contributed by atoms with Gasteiger partial charge in [0.1, 0.15) is 11.4 Å². The van der Waals surface area contributed by atoms with E-state index in [2.05, 4.69) is 4.72 Å². The van der Waals surface area contributed by atoms with E-state index in [1.165, 1.54) is 6.92 Å². The Bertz CT molecular complexity index is 629. The van der Waals surface area contributed by atoms with Crippen LogP contribution in [0.2, 0.25) is 0 Å². The van der Waals surface area contributed by atoms with E-state index >= 15 is 0 Å². The lowest BCUT2D eigenvalue weighted by Crippen LogP contribution is -2.42. The molecule has 0 saturated carbocycles. The predicted molar refractivity (Wildman–Crippen MR) is 71.0 cm³/mol. The van der Waals surface area contributed by atoms with Crippen molar-refractivity contribution in [1.82, 2.24) is 4.72 Å². The molecule has 1 heterocycles. The topological polar surface area (TPSA) is 55.4 Å². The maximum Gasteiger partial charge on any atom is 0.211 e. The fourth-order valence-corrected chi connectivity index (χ4v) is 3.08. The van der Waals surface area contributed by atoms with E-state index in [4.69, 9.17) is 4.74 Å². The molecule has 0 amide bonds. The quantitative estimate of drug-likeness (QED) is 0.933. The average molecular weight is 305 g/mol. The Balaban J connectivity index is 2.50. The highest BCUT2D eigenvalue weighted by molar-refractivity contribution is 7.89. The van der Waals surface area contributed by atoms with Crippen LogP contribution in [0, 0.1) is 11.6 Å². The zero-order valence-electron chi connectivity index (χ0n) is 11.5. The van der Waals surface area contributed by atoms with Crippen LogP contribution in [-0.4, -0.2) is 19.8 Å². The Labute approximate surface area is 117 Å². The minimum absolute atomic E-state index is 0.0912. The number of sulfonamides is 1. The molecule has 1 aliphatic heterocycles. The molecule has 1 aliphatic rings. The molecule has 7 heteroatoms. The molecule has 1 aromatic carbocycles. The summed E-state index contributed by atoms with van der Waals surface area (Å²) in [5.41, 5.74) is -0.550. The van der Waals surface area contributed by atoms with Gasteiger partial charge < -0.3 is 4.74 Å². The molecule has 0 spiro atoms. The number of hydrogen-bond donors (Lipinski definition) is 1. The summed E-state index contributed by atoms with van der Waals surface area (Å²) < 4.78 is 58.6. The molecule has 1 N–H and O–H groups in total. The Morgan fingerprint density at radius 1 is 1.40 bits per heavy atom. The van der Waals surface area contributed by atoms with Gasteiger partial charge in [0.05, 0.1) is 11.8 Å². The Morgan fingerprint density at radius 3 is 2.65 bits per heavy atom. The first-order valence-electron chi connectivity index (χ1n) is 6.31.